The highest BCUT2D eigenvalue weighted by atomic mass is 19.1. The summed E-state index contributed by atoms with van der Waals surface area (Å²) < 4.78 is 16.2. The molecule has 1 aromatic heterocycles. The number of aryl methyl sites for hydroxylation is 2. The van der Waals surface area contributed by atoms with Crippen molar-refractivity contribution >= 4 is 11.6 Å². The van der Waals surface area contributed by atoms with Crippen molar-refractivity contribution in [1.82, 2.24) is 9.78 Å². The summed E-state index contributed by atoms with van der Waals surface area (Å²) in [6.07, 6.45) is 0. The van der Waals surface area contributed by atoms with Crippen LogP contribution in [0.2, 0.25) is 0 Å². The van der Waals surface area contributed by atoms with Gasteiger partial charge in [0.15, 0.2) is 0 Å². The standard InChI is InChI=1S/C30H24FN3O2/c1-19-7-5-9-22(17-19)29(35)32-23-15-13-21(14-16-23)27-28(25-11-3-4-12-26(25)31)33-34(30(27)36)24-10-6-8-20(2)18-24/h3-18,33H,1-2H3,(H,32,35). The molecule has 36 heavy (non-hydrogen) atoms. The van der Waals surface area contributed by atoms with Gasteiger partial charge in [0.25, 0.3) is 11.5 Å². The van der Waals surface area contributed by atoms with Gasteiger partial charge >= 0.3 is 0 Å². The number of carbonyl (C=O) groups excluding carboxylic acids is 1. The van der Waals surface area contributed by atoms with Gasteiger partial charge in [-0.05, 0) is 73.5 Å². The number of hydrogen-bond acceptors (Lipinski definition) is 2. The molecule has 0 saturated carbocycles. The second-order valence-electron chi connectivity index (χ2n) is 8.72. The van der Waals surface area contributed by atoms with Crippen LogP contribution in [-0.4, -0.2) is 15.7 Å². The van der Waals surface area contributed by atoms with E-state index in [1.807, 2.05) is 56.3 Å². The van der Waals surface area contributed by atoms with Crippen LogP contribution in [0.15, 0.2) is 102 Å². The highest BCUT2D eigenvalue weighted by molar-refractivity contribution is 6.04. The monoisotopic (exact) mass is 477 g/mol. The molecule has 178 valence electrons. The van der Waals surface area contributed by atoms with Gasteiger partial charge in [-0.3, -0.25) is 14.7 Å². The minimum Gasteiger partial charge on any atom is -0.322 e. The van der Waals surface area contributed by atoms with Gasteiger partial charge in [0.1, 0.15) is 5.82 Å². The van der Waals surface area contributed by atoms with Crippen molar-refractivity contribution in [3.8, 4) is 28.1 Å². The van der Waals surface area contributed by atoms with Gasteiger partial charge in [-0.15, -0.1) is 0 Å². The van der Waals surface area contributed by atoms with E-state index in [-0.39, 0.29) is 11.5 Å². The lowest BCUT2D eigenvalue weighted by molar-refractivity contribution is 0.102. The largest absolute Gasteiger partial charge is 0.322 e. The lowest BCUT2D eigenvalue weighted by Crippen LogP contribution is -2.15. The molecule has 5 aromatic rings. The number of anilines is 1. The molecule has 0 atom stereocenters. The Bertz CT molecular complexity index is 1630. The highest BCUT2D eigenvalue weighted by Crippen LogP contribution is 2.31. The van der Waals surface area contributed by atoms with E-state index < -0.39 is 5.82 Å². The third kappa shape index (κ3) is 4.49. The Labute approximate surface area is 207 Å². The van der Waals surface area contributed by atoms with Gasteiger partial charge in [0.2, 0.25) is 0 Å². The topological polar surface area (TPSA) is 66.9 Å². The fourth-order valence-corrected chi connectivity index (χ4v) is 4.22. The summed E-state index contributed by atoms with van der Waals surface area (Å²) >= 11 is 0. The number of aromatic nitrogens is 2. The van der Waals surface area contributed by atoms with Gasteiger partial charge in [0, 0.05) is 16.8 Å². The van der Waals surface area contributed by atoms with Gasteiger partial charge in [-0.25, -0.2) is 9.07 Å². The number of H-pyrrole nitrogens is 1. The summed E-state index contributed by atoms with van der Waals surface area (Å²) in [5.41, 5.74) is 5.14. The molecular weight excluding hydrogens is 453 g/mol. The Kier molecular flexibility index (Phi) is 6.09. The molecule has 5 rings (SSSR count). The second kappa shape index (κ2) is 9.50. The van der Waals surface area contributed by atoms with Gasteiger partial charge in [0.05, 0.1) is 16.9 Å². The number of rotatable bonds is 5. The average Bonchev–Trinajstić information content (AvgIpc) is 3.21. The number of halogens is 1. The number of nitrogens with zero attached hydrogens (tertiary/aromatic N) is 1. The van der Waals surface area contributed by atoms with Gasteiger partial charge in [-0.1, -0.05) is 54.1 Å². The maximum absolute atomic E-state index is 14.8. The summed E-state index contributed by atoms with van der Waals surface area (Å²) in [6.45, 7) is 3.87. The van der Waals surface area contributed by atoms with E-state index in [9.17, 15) is 14.0 Å². The van der Waals surface area contributed by atoms with E-state index >= 15 is 0 Å². The summed E-state index contributed by atoms with van der Waals surface area (Å²) in [7, 11) is 0. The summed E-state index contributed by atoms with van der Waals surface area (Å²) in [5.74, 6) is -0.652. The highest BCUT2D eigenvalue weighted by Gasteiger charge is 2.21. The average molecular weight is 478 g/mol. The zero-order chi connectivity index (χ0) is 25.2. The lowest BCUT2D eigenvalue weighted by Gasteiger charge is -2.08. The molecule has 0 unspecified atom stereocenters. The molecule has 0 aliphatic heterocycles. The van der Waals surface area contributed by atoms with Crippen LogP contribution < -0.4 is 10.9 Å². The molecular formula is C30H24FN3O2. The fraction of sp³-hybridized carbons (Fsp3) is 0.0667. The normalized spacial score (nSPS) is 10.9. The Morgan fingerprint density at radius 3 is 2.22 bits per heavy atom. The van der Waals surface area contributed by atoms with Crippen LogP contribution >= 0.6 is 0 Å². The van der Waals surface area contributed by atoms with Crippen molar-refractivity contribution in [1.29, 1.82) is 0 Å². The lowest BCUT2D eigenvalue weighted by atomic mass is 10.0. The number of benzene rings is 4. The first-order valence-corrected chi connectivity index (χ1v) is 11.6. The van der Waals surface area contributed by atoms with Crippen molar-refractivity contribution in [2.75, 3.05) is 5.32 Å². The van der Waals surface area contributed by atoms with Crippen molar-refractivity contribution in [2.45, 2.75) is 13.8 Å². The zero-order valence-electron chi connectivity index (χ0n) is 19.9. The van der Waals surface area contributed by atoms with Crippen LogP contribution in [0.1, 0.15) is 21.5 Å². The van der Waals surface area contributed by atoms with Crippen molar-refractivity contribution < 1.29 is 9.18 Å². The summed E-state index contributed by atoms with van der Waals surface area (Å²) in [5, 5.41) is 6.00. The molecule has 5 nitrogen and oxygen atoms in total. The molecule has 2 N–H and O–H groups in total. The molecule has 0 fully saturated rings. The Balaban J connectivity index is 1.56. The van der Waals surface area contributed by atoms with E-state index in [1.165, 1.54) is 10.7 Å². The molecule has 6 heteroatoms. The number of carbonyl (C=O) groups is 1. The van der Waals surface area contributed by atoms with Crippen LogP contribution in [0.3, 0.4) is 0 Å². The first kappa shape index (κ1) is 23.1. The number of aromatic amines is 1. The minimum atomic E-state index is -0.432. The van der Waals surface area contributed by atoms with Gasteiger partial charge in [-0.2, -0.15) is 0 Å². The number of amides is 1. The number of hydrogen-bond donors (Lipinski definition) is 2. The number of nitrogens with one attached hydrogen (secondary N) is 2. The molecule has 1 amide bonds. The molecule has 0 aliphatic carbocycles. The van der Waals surface area contributed by atoms with Crippen molar-refractivity contribution in [3.63, 3.8) is 0 Å². The zero-order valence-corrected chi connectivity index (χ0v) is 19.9. The van der Waals surface area contributed by atoms with E-state index in [0.29, 0.717) is 39.3 Å². The summed E-state index contributed by atoms with van der Waals surface area (Å²) in [4.78, 5) is 26.2. The molecule has 4 aromatic carbocycles. The predicted octanol–water partition coefficient (Wildman–Crippen LogP) is 6.51. The molecule has 0 aliphatic rings. The first-order valence-electron chi connectivity index (χ1n) is 11.6. The minimum absolute atomic E-state index is 0.220. The maximum Gasteiger partial charge on any atom is 0.279 e. The third-order valence-electron chi connectivity index (χ3n) is 6.01. The SMILES string of the molecule is Cc1cccc(C(=O)Nc2ccc(-c3c(-c4ccccc4F)[nH]n(-c4cccc(C)c4)c3=O)cc2)c1. The van der Waals surface area contributed by atoms with Crippen molar-refractivity contribution in [2.24, 2.45) is 0 Å². The Morgan fingerprint density at radius 1 is 0.833 bits per heavy atom. The second-order valence-corrected chi connectivity index (χ2v) is 8.72. The molecule has 1 heterocycles. The van der Waals surface area contributed by atoms with E-state index in [0.717, 1.165) is 11.1 Å². The van der Waals surface area contributed by atoms with Crippen molar-refractivity contribution in [3.05, 3.63) is 130 Å². The third-order valence-corrected chi connectivity index (χ3v) is 6.01. The fourth-order valence-electron chi connectivity index (χ4n) is 4.22. The smallest absolute Gasteiger partial charge is 0.279 e. The van der Waals surface area contributed by atoms with Gasteiger partial charge < -0.3 is 5.32 Å². The van der Waals surface area contributed by atoms with Crippen LogP contribution in [0.25, 0.3) is 28.1 Å². The van der Waals surface area contributed by atoms with E-state index in [1.54, 1.807) is 48.5 Å². The first-order chi connectivity index (χ1) is 17.4. The predicted molar refractivity (Wildman–Crippen MR) is 141 cm³/mol. The molecule has 0 spiro atoms. The maximum atomic E-state index is 14.8. The van der Waals surface area contributed by atoms with E-state index in [2.05, 4.69) is 10.4 Å². The molecule has 0 radical (unpaired) electrons. The molecule has 0 saturated heterocycles. The summed E-state index contributed by atoms with van der Waals surface area (Å²) in [6, 6.07) is 28.2. The van der Waals surface area contributed by atoms with Crippen LogP contribution in [0, 0.1) is 19.7 Å². The van der Waals surface area contributed by atoms with Crippen LogP contribution in [-0.2, 0) is 0 Å². The van der Waals surface area contributed by atoms with Crippen LogP contribution in [0.5, 0.6) is 0 Å². The quantitative estimate of drug-likeness (QED) is 0.303. The Hall–Kier alpha value is -4.71. The molecule has 0 bridgehead atoms. The van der Waals surface area contributed by atoms with E-state index in [4.69, 9.17) is 0 Å². The van der Waals surface area contributed by atoms with Crippen LogP contribution in [0.4, 0.5) is 10.1 Å². The Morgan fingerprint density at radius 2 is 1.53 bits per heavy atom.